The number of ether oxygens (including phenoxy) is 2. The van der Waals surface area contributed by atoms with Crippen molar-refractivity contribution >= 4 is 0 Å². The van der Waals surface area contributed by atoms with Crippen LogP contribution in [0.15, 0.2) is 48.5 Å². The van der Waals surface area contributed by atoms with Crippen molar-refractivity contribution in [1.82, 2.24) is 0 Å². The topological polar surface area (TPSA) is 18.5 Å². The fourth-order valence-electron chi connectivity index (χ4n) is 3.10. The van der Waals surface area contributed by atoms with Crippen molar-refractivity contribution < 1.29 is 9.47 Å². The van der Waals surface area contributed by atoms with Crippen LogP contribution in [0.3, 0.4) is 0 Å². The van der Waals surface area contributed by atoms with E-state index in [1.165, 1.54) is 37.7 Å². The predicted octanol–water partition coefficient (Wildman–Crippen LogP) is 5.54. The summed E-state index contributed by atoms with van der Waals surface area (Å²) in [4.78, 5) is 0. The van der Waals surface area contributed by atoms with Crippen molar-refractivity contribution in [3.8, 4) is 17.2 Å². The largest absolute Gasteiger partial charge is 0.497 e. The van der Waals surface area contributed by atoms with Gasteiger partial charge in [0.25, 0.3) is 0 Å². The van der Waals surface area contributed by atoms with Gasteiger partial charge in [0.05, 0.1) is 7.11 Å². The van der Waals surface area contributed by atoms with Gasteiger partial charge < -0.3 is 9.47 Å². The summed E-state index contributed by atoms with van der Waals surface area (Å²) in [5.41, 5.74) is 1.35. The third-order valence-corrected chi connectivity index (χ3v) is 4.25. The summed E-state index contributed by atoms with van der Waals surface area (Å²) in [7, 11) is 1.67. The van der Waals surface area contributed by atoms with E-state index >= 15 is 0 Å². The molecule has 2 heteroatoms. The summed E-state index contributed by atoms with van der Waals surface area (Å²) >= 11 is 0. The molecule has 0 bridgehead atoms. The molecule has 0 heterocycles. The molecule has 0 unspecified atom stereocenters. The number of rotatable bonds is 4. The van der Waals surface area contributed by atoms with Gasteiger partial charge in [-0.1, -0.05) is 37.5 Å². The molecule has 1 aliphatic carbocycles. The van der Waals surface area contributed by atoms with E-state index < -0.39 is 0 Å². The second-order valence-corrected chi connectivity index (χ2v) is 5.65. The summed E-state index contributed by atoms with van der Waals surface area (Å²) in [6.45, 7) is 0. The first kappa shape index (κ1) is 14.0. The molecule has 0 atom stereocenters. The van der Waals surface area contributed by atoms with Crippen LogP contribution in [0.4, 0.5) is 0 Å². The summed E-state index contributed by atoms with van der Waals surface area (Å²) in [5.74, 6) is 3.35. The van der Waals surface area contributed by atoms with Gasteiger partial charge >= 0.3 is 0 Å². The fraction of sp³-hybridized carbons (Fsp3) is 0.368. The van der Waals surface area contributed by atoms with Gasteiger partial charge in [-0.15, -0.1) is 0 Å². The molecule has 2 aromatic rings. The fourth-order valence-corrected chi connectivity index (χ4v) is 3.10. The Morgan fingerprint density at radius 3 is 2.19 bits per heavy atom. The maximum absolute atomic E-state index is 6.11. The van der Waals surface area contributed by atoms with Crippen LogP contribution in [0.25, 0.3) is 0 Å². The zero-order chi connectivity index (χ0) is 14.5. The maximum Gasteiger partial charge on any atom is 0.130 e. The van der Waals surface area contributed by atoms with Crippen LogP contribution >= 0.6 is 0 Å². The highest BCUT2D eigenvalue weighted by Crippen LogP contribution is 2.38. The smallest absolute Gasteiger partial charge is 0.130 e. The van der Waals surface area contributed by atoms with Crippen LogP contribution in [0, 0.1) is 0 Å². The number of hydrogen-bond acceptors (Lipinski definition) is 2. The van der Waals surface area contributed by atoms with Gasteiger partial charge in [0.15, 0.2) is 0 Å². The summed E-state index contributed by atoms with van der Waals surface area (Å²) in [6.07, 6.45) is 6.60. The first-order valence-corrected chi connectivity index (χ1v) is 7.77. The third-order valence-electron chi connectivity index (χ3n) is 4.25. The minimum atomic E-state index is 0.646. The second kappa shape index (κ2) is 6.66. The van der Waals surface area contributed by atoms with Crippen LogP contribution in [0.1, 0.15) is 43.6 Å². The average Bonchev–Trinajstić information content (AvgIpc) is 2.57. The van der Waals surface area contributed by atoms with Crippen LogP contribution in [0.5, 0.6) is 17.2 Å². The molecule has 0 saturated heterocycles. The molecule has 0 N–H and O–H groups in total. The van der Waals surface area contributed by atoms with Gasteiger partial charge in [0.2, 0.25) is 0 Å². The van der Waals surface area contributed by atoms with E-state index in [1.807, 2.05) is 30.3 Å². The highest BCUT2D eigenvalue weighted by Gasteiger charge is 2.19. The van der Waals surface area contributed by atoms with Crippen molar-refractivity contribution in [2.75, 3.05) is 7.11 Å². The van der Waals surface area contributed by atoms with Crippen LogP contribution < -0.4 is 9.47 Å². The Bertz CT molecular complexity index is 568. The van der Waals surface area contributed by atoms with E-state index in [9.17, 15) is 0 Å². The molecule has 3 rings (SSSR count). The normalized spacial score (nSPS) is 15.7. The molecule has 1 saturated carbocycles. The molecule has 2 aromatic carbocycles. The lowest BCUT2D eigenvalue weighted by Gasteiger charge is -2.24. The van der Waals surface area contributed by atoms with E-state index in [0.717, 1.165) is 17.2 Å². The van der Waals surface area contributed by atoms with Crippen molar-refractivity contribution in [1.29, 1.82) is 0 Å². The van der Waals surface area contributed by atoms with Gasteiger partial charge in [-0.25, -0.2) is 0 Å². The molecule has 21 heavy (non-hydrogen) atoms. The highest BCUT2D eigenvalue weighted by atomic mass is 16.5. The Kier molecular flexibility index (Phi) is 4.44. The molecule has 1 aliphatic rings. The Labute approximate surface area is 126 Å². The van der Waals surface area contributed by atoms with Gasteiger partial charge in [-0.05, 0) is 54.7 Å². The molecular formula is C19H22O2. The monoisotopic (exact) mass is 282 g/mol. The molecule has 0 spiro atoms. The molecule has 0 radical (unpaired) electrons. The van der Waals surface area contributed by atoms with E-state index in [4.69, 9.17) is 9.47 Å². The van der Waals surface area contributed by atoms with Crippen LogP contribution in [-0.4, -0.2) is 7.11 Å². The average molecular weight is 282 g/mol. The van der Waals surface area contributed by atoms with Gasteiger partial charge in [0.1, 0.15) is 17.2 Å². The Hall–Kier alpha value is -1.96. The minimum absolute atomic E-state index is 0.646. The minimum Gasteiger partial charge on any atom is -0.497 e. The zero-order valence-electron chi connectivity index (χ0n) is 12.5. The number of hydrogen-bond donors (Lipinski definition) is 0. The maximum atomic E-state index is 6.11. The third kappa shape index (κ3) is 3.38. The summed E-state index contributed by atoms with van der Waals surface area (Å²) < 4.78 is 11.3. The quantitative estimate of drug-likeness (QED) is 0.733. The molecule has 0 aromatic heterocycles. The SMILES string of the molecule is COc1ccc(Oc2ccccc2C2CCCCC2)cc1. The lowest BCUT2D eigenvalue weighted by atomic mass is 9.84. The number of para-hydroxylation sites is 1. The molecule has 110 valence electrons. The molecule has 0 amide bonds. The Morgan fingerprint density at radius 2 is 1.48 bits per heavy atom. The number of benzene rings is 2. The summed E-state index contributed by atoms with van der Waals surface area (Å²) in [6, 6.07) is 16.2. The summed E-state index contributed by atoms with van der Waals surface area (Å²) in [5, 5.41) is 0. The first-order chi connectivity index (χ1) is 10.4. The van der Waals surface area contributed by atoms with E-state index in [1.54, 1.807) is 7.11 Å². The Balaban J connectivity index is 1.80. The lowest BCUT2D eigenvalue weighted by molar-refractivity contribution is 0.409. The van der Waals surface area contributed by atoms with E-state index in [2.05, 4.69) is 18.2 Å². The number of methoxy groups -OCH3 is 1. The molecule has 2 nitrogen and oxygen atoms in total. The molecular weight excluding hydrogens is 260 g/mol. The highest BCUT2D eigenvalue weighted by molar-refractivity contribution is 5.41. The predicted molar refractivity (Wildman–Crippen MR) is 85.3 cm³/mol. The lowest BCUT2D eigenvalue weighted by Crippen LogP contribution is -2.05. The van der Waals surface area contributed by atoms with Crippen molar-refractivity contribution in [3.63, 3.8) is 0 Å². The standard InChI is InChI=1S/C19H22O2/c1-20-16-11-13-17(14-12-16)21-19-10-6-5-9-18(19)15-7-3-2-4-8-15/h5-6,9-15H,2-4,7-8H2,1H3. The second-order valence-electron chi connectivity index (χ2n) is 5.65. The van der Waals surface area contributed by atoms with Crippen LogP contribution in [-0.2, 0) is 0 Å². The van der Waals surface area contributed by atoms with Gasteiger partial charge in [-0.3, -0.25) is 0 Å². The van der Waals surface area contributed by atoms with Crippen molar-refractivity contribution in [2.24, 2.45) is 0 Å². The van der Waals surface area contributed by atoms with E-state index in [-0.39, 0.29) is 0 Å². The van der Waals surface area contributed by atoms with E-state index in [0.29, 0.717) is 5.92 Å². The van der Waals surface area contributed by atoms with Crippen molar-refractivity contribution in [3.05, 3.63) is 54.1 Å². The zero-order valence-corrected chi connectivity index (χ0v) is 12.5. The molecule has 0 aliphatic heterocycles. The Morgan fingerprint density at radius 1 is 0.810 bits per heavy atom. The molecule has 1 fully saturated rings. The van der Waals surface area contributed by atoms with Gasteiger partial charge in [-0.2, -0.15) is 0 Å². The van der Waals surface area contributed by atoms with Crippen molar-refractivity contribution in [2.45, 2.75) is 38.0 Å². The van der Waals surface area contributed by atoms with Crippen LogP contribution in [0.2, 0.25) is 0 Å². The van der Waals surface area contributed by atoms with Gasteiger partial charge in [0, 0.05) is 0 Å². The first-order valence-electron chi connectivity index (χ1n) is 7.77.